The van der Waals surface area contributed by atoms with Gasteiger partial charge in [-0.25, -0.2) is 0 Å². The van der Waals surface area contributed by atoms with E-state index in [9.17, 15) is 4.79 Å². The lowest BCUT2D eigenvalue weighted by Gasteiger charge is -2.04. The molecular formula is C12H16N2O2. The van der Waals surface area contributed by atoms with Crippen molar-refractivity contribution in [2.24, 2.45) is 5.16 Å². The molecule has 0 radical (unpaired) electrons. The van der Waals surface area contributed by atoms with Crippen LogP contribution in [0.4, 0.5) is 5.69 Å². The number of rotatable bonds is 4. The van der Waals surface area contributed by atoms with Gasteiger partial charge in [-0.05, 0) is 32.4 Å². The zero-order valence-corrected chi connectivity index (χ0v) is 9.53. The number of hydrogen-bond donors (Lipinski definition) is 2. The Hall–Kier alpha value is -1.84. The van der Waals surface area contributed by atoms with Gasteiger partial charge in [0.15, 0.2) is 0 Å². The Morgan fingerprint density at radius 1 is 1.31 bits per heavy atom. The Balaban J connectivity index is 2.43. The summed E-state index contributed by atoms with van der Waals surface area (Å²) in [6.45, 7) is 3.67. The molecule has 4 heteroatoms. The van der Waals surface area contributed by atoms with Gasteiger partial charge in [0, 0.05) is 12.1 Å². The van der Waals surface area contributed by atoms with Crippen molar-refractivity contribution in [2.75, 3.05) is 5.32 Å². The van der Waals surface area contributed by atoms with Gasteiger partial charge in [0.25, 0.3) is 0 Å². The summed E-state index contributed by atoms with van der Waals surface area (Å²) in [5.41, 5.74) is 2.49. The topological polar surface area (TPSA) is 61.7 Å². The van der Waals surface area contributed by atoms with Crippen molar-refractivity contribution in [1.29, 1.82) is 0 Å². The van der Waals surface area contributed by atoms with Crippen LogP contribution in [-0.4, -0.2) is 16.8 Å². The van der Waals surface area contributed by atoms with Crippen LogP contribution in [0.25, 0.3) is 0 Å². The molecule has 0 saturated heterocycles. The molecule has 0 saturated carbocycles. The van der Waals surface area contributed by atoms with E-state index in [4.69, 9.17) is 5.21 Å². The monoisotopic (exact) mass is 220 g/mol. The fourth-order valence-electron chi connectivity index (χ4n) is 1.20. The number of nitrogens with zero attached hydrogens (tertiary/aromatic N) is 1. The minimum absolute atomic E-state index is 0.0770. The van der Waals surface area contributed by atoms with E-state index in [1.807, 2.05) is 31.2 Å². The van der Waals surface area contributed by atoms with Crippen molar-refractivity contribution in [3.63, 3.8) is 0 Å². The first-order valence-electron chi connectivity index (χ1n) is 5.16. The molecule has 1 rings (SSSR count). The average Bonchev–Trinajstić information content (AvgIpc) is 2.29. The molecule has 0 bridgehead atoms. The van der Waals surface area contributed by atoms with Gasteiger partial charge < -0.3 is 10.5 Å². The van der Waals surface area contributed by atoms with E-state index in [0.29, 0.717) is 18.6 Å². The molecule has 2 N–H and O–H groups in total. The zero-order valence-electron chi connectivity index (χ0n) is 9.53. The third kappa shape index (κ3) is 4.13. The van der Waals surface area contributed by atoms with Gasteiger partial charge in [-0.15, -0.1) is 0 Å². The number of amides is 1. The largest absolute Gasteiger partial charge is 0.411 e. The van der Waals surface area contributed by atoms with Crippen LogP contribution in [0.5, 0.6) is 0 Å². The van der Waals surface area contributed by atoms with Crippen LogP contribution in [0.15, 0.2) is 29.4 Å². The van der Waals surface area contributed by atoms with Gasteiger partial charge in [-0.2, -0.15) is 0 Å². The number of carbonyl (C=O) groups excluding carboxylic acids is 1. The highest BCUT2D eigenvalue weighted by Crippen LogP contribution is 2.09. The molecule has 0 aliphatic rings. The highest BCUT2D eigenvalue weighted by molar-refractivity contribution is 5.94. The first kappa shape index (κ1) is 12.2. The van der Waals surface area contributed by atoms with Crippen molar-refractivity contribution in [3.8, 4) is 0 Å². The first-order valence-corrected chi connectivity index (χ1v) is 5.16. The van der Waals surface area contributed by atoms with Gasteiger partial charge in [0.2, 0.25) is 5.91 Å². The SMILES string of the molecule is CC(CCC(=O)Nc1ccc(C)cc1)=NO. The summed E-state index contributed by atoms with van der Waals surface area (Å²) in [6, 6.07) is 7.60. The predicted molar refractivity (Wildman–Crippen MR) is 63.9 cm³/mol. The molecule has 0 spiro atoms. The zero-order chi connectivity index (χ0) is 12.0. The molecule has 0 fully saturated rings. The minimum atomic E-state index is -0.0770. The second-order valence-corrected chi connectivity index (χ2v) is 3.75. The molecule has 1 amide bonds. The van der Waals surface area contributed by atoms with Gasteiger partial charge in [0.1, 0.15) is 0 Å². The Morgan fingerprint density at radius 3 is 2.50 bits per heavy atom. The second kappa shape index (κ2) is 5.90. The number of hydrogen-bond acceptors (Lipinski definition) is 3. The fraction of sp³-hybridized carbons (Fsp3) is 0.333. The molecule has 4 nitrogen and oxygen atoms in total. The van der Waals surface area contributed by atoms with Crippen molar-refractivity contribution in [2.45, 2.75) is 26.7 Å². The van der Waals surface area contributed by atoms with Gasteiger partial charge >= 0.3 is 0 Å². The molecule has 16 heavy (non-hydrogen) atoms. The maximum absolute atomic E-state index is 11.5. The number of nitrogens with one attached hydrogen (secondary N) is 1. The number of oxime groups is 1. The van der Waals surface area contributed by atoms with E-state index in [1.165, 1.54) is 0 Å². The summed E-state index contributed by atoms with van der Waals surface area (Å²) in [5, 5.41) is 14.2. The number of anilines is 1. The van der Waals surface area contributed by atoms with Crippen molar-refractivity contribution in [1.82, 2.24) is 0 Å². The lowest BCUT2D eigenvalue weighted by molar-refractivity contribution is -0.116. The van der Waals surface area contributed by atoms with Crippen LogP contribution >= 0.6 is 0 Å². The van der Waals surface area contributed by atoms with Crippen LogP contribution in [-0.2, 0) is 4.79 Å². The number of aryl methyl sites for hydroxylation is 1. The summed E-state index contributed by atoms with van der Waals surface area (Å²) in [5.74, 6) is -0.0770. The fourth-order valence-corrected chi connectivity index (χ4v) is 1.20. The Morgan fingerprint density at radius 2 is 1.94 bits per heavy atom. The van der Waals surface area contributed by atoms with E-state index in [2.05, 4.69) is 10.5 Å². The van der Waals surface area contributed by atoms with E-state index < -0.39 is 0 Å². The summed E-state index contributed by atoms with van der Waals surface area (Å²) in [6.07, 6.45) is 0.790. The lowest BCUT2D eigenvalue weighted by atomic mass is 10.2. The average molecular weight is 220 g/mol. The molecule has 1 aromatic carbocycles. The molecule has 0 heterocycles. The van der Waals surface area contributed by atoms with E-state index in [1.54, 1.807) is 6.92 Å². The van der Waals surface area contributed by atoms with Crippen LogP contribution < -0.4 is 5.32 Å². The maximum atomic E-state index is 11.5. The highest BCUT2D eigenvalue weighted by atomic mass is 16.4. The normalized spacial score (nSPS) is 11.2. The third-order valence-corrected chi connectivity index (χ3v) is 2.22. The van der Waals surface area contributed by atoms with Crippen LogP contribution in [0.1, 0.15) is 25.3 Å². The summed E-state index contributed by atoms with van der Waals surface area (Å²) < 4.78 is 0. The molecule has 0 unspecified atom stereocenters. The minimum Gasteiger partial charge on any atom is -0.411 e. The van der Waals surface area contributed by atoms with Crippen LogP contribution in [0.3, 0.4) is 0 Å². The van der Waals surface area contributed by atoms with Crippen LogP contribution in [0.2, 0.25) is 0 Å². The predicted octanol–water partition coefficient (Wildman–Crippen LogP) is 2.56. The van der Waals surface area contributed by atoms with Gasteiger partial charge in [-0.1, -0.05) is 22.9 Å². The maximum Gasteiger partial charge on any atom is 0.224 e. The van der Waals surface area contributed by atoms with Gasteiger partial charge in [0.05, 0.1) is 5.71 Å². The molecular weight excluding hydrogens is 204 g/mol. The van der Waals surface area contributed by atoms with Crippen molar-refractivity contribution < 1.29 is 10.0 Å². The Labute approximate surface area is 95.0 Å². The Bertz CT molecular complexity index is 383. The van der Waals surface area contributed by atoms with Crippen molar-refractivity contribution in [3.05, 3.63) is 29.8 Å². The standard InChI is InChI=1S/C12H16N2O2/c1-9-3-6-11(7-4-9)13-12(15)8-5-10(2)14-16/h3-4,6-7,16H,5,8H2,1-2H3,(H,13,15). The molecule has 0 atom stereocenters. The molecule has 0 aromatic heterocycles. The molecule has 86 valence electrons. The molecule has 0 aliphatic carbocycles. The second-order valence-electron chi connectivity index (χ2n) is 3.75. The number of carbonyl (C=O) groups is 1. The summed E-state index contributed by atoms with van der Waals surface area (Å²) >= 11 is 0. The van der Waals surface area contributed by atoms with Crippen LogP contribution in [0, 0.1) is 6.92 Å². The van der Waals surface area contributed by atoms with E-state index in [0.717, 1.165) is 11.3 Å². The van der Waals surface area contributed by atoms with E-state index >= 15 is 0 Å². The third-order valence-electron chi connectivity index (χ3n) is 2.22. The first-order chi connectivity index (χ1) is 7.61. The quantitative estimate of drug-likeness (QED) is 0.465. The highest BCUT2D eigenvalue weighted by Gasteiger charge is 2.03. The Kier molecular flexibility index (Phi) is 4.51. The van der Waals surface area contributed by atoms with Crippen molar-refractivity contribution >= 4 is 17.3 Å². The number of benzene rings is 1. The van der Waals surface area contributed by atoms with Gasteiger partial charge in [-0.3, -0.25) is 4.79 Å². The smallest absolute Gasteiger partial charge is 0.224 e. The lowest BCUT2D eigenvalue weighted by Crippen LogP contribution is -2.12. The summed E-state index contributed by atoms with van der Waals surface area (Å²) in [7, 11) is 0. The summed E-state index contributed by atoms with van der Waals surface area (Å²) in [4.78, 5) is 11.5. The molecule has 0 aliphatic heterocycles. The van der Waals surface area contributed by atoms with E-state index in [-0.39, 0.29) is 5.91 Å². The molecule has 1 aromatic rings.